The number of nitrogens with zero attached hydrogens (tertiary/aromatic N) is 4. The average Bonchev–Trinajstić information content (AvgIpc) is 2.80. The molecule has 0 saturated carbocycles. The van der Waals surface area contributed by atoms with Crippen molar-refractivity contribution in [2.24, 2.45) is 0 Å². The van der Waals surface area contributed by atoms with Crippen molar-refractivity contribution in [1.82, 2.24) is 19.9 Å². The highest BCUT2D eigenvalue weighted by Crippen LogP contribution is 2.31. The van der Waals surface area contributed by atoms with E-state index in [1.165, 1.54) is 0 Å². The van der Waals surface area contributed by atoms with Gasteiger partial charge in [-0.25, -0.2) is 15.0 Å². The maximum absolute atomic E-state index is 13.6. The minimum absolute atomic E-state index is 0.0717. The van der Waals surface area contributed by atoms with E-state index in [1.807, 2.05) is 35.2 Å². The predicted molar refractivity (Wildman–Crippen MR) is 121 cm³/mol. The molecule has 1 aliphatic heterocycles. The molecule has 0 bridgehead atoms. The van der Waals surface area contributed by atoms with Crippen molar-refractivity contribution in [3.63, 3.8) is 0 Å². The van der Waals surface area contributed by atoms with Crippen molar-refractivity contribution >= 4 is 5.91 Å². The van der Waals surface area contributed by atoms with E-state index < -0.39 is 5.60 Å². The first-order chi connectivity index (χ1) is 15.3. The SMILES string of the molecule is C[C@@H]1CC[C@H](Oc2ncccc2C(C)(C)O)CN1C(=O)c1ccccc1-c1ncccn1. The summed E-state index contributed by atoms with van der Waals surface area (Å²) in [5, 5.41) is 10.5. The second kappa shape index (κ2) is 9.04. The molecule has 1 aromatic carbocycles. The number of likely N-dealkylation sites (tertiary alicyclic amines) is 1. The largest absolute Gasteiger partial charge is 0.472 e. The third kappa shape index (κ3) is 4.62. The van der Waals surface area contributed by atoms with Crippen LogP contribution in [0.1, 0.15) is 49.5 Å². The molecule has 2 aromatic heterocycles. The van der Waals surface area contributed by atoms with Gasteiger partial charge in [-0.3, -0.25) is 4.79 Å². The van der Waals surface area contributed by atoms with Crippen molar-refractivity contribution in [2.75, 3.05) is 6.54 Å². The Balaban J connectivity index is 1.58. The lowest BCUT2D eigenvalue weighted by Crippen LogP contribution is -2.49. The molecule has 2 atom stereocenters. The Labute approximate surface area is 188 Å². The summed E-state index contributed by atoms with van der Waals surface area (Å²) in [5.74, 6) is 0.861. The van der Waals surface area contributed by atoms with Crippen molar-refractivity contribution in [2.45, 2.75) is 51.4 Å². The second-order valence-electron chi connectivity index (χ2n) is 8.66. The molecule has 166 valence electrons. The molecule has 0 aliphatic carbocycles. The molecule has 1 aliphatic rings. The van der Waals surface area contributed by atoms with Crippen molar-refractivity contribution in [1.29, 1.82) is 0 Å². The van der Waals surface area contributed by atoms with Crippen LogP contribution in [0.3, 0.4) is 0 Å². The molecule has 4 rings (SSSR count). The lowest BCUT2D eigenvalue weighted by Gasteiger charge is -2.38. The zero-order valence-corrected chi connectivity index (χ0v) is 18.6. The number of hydrogen-bond acceptors (Lipinski definition) is 6. The number of hydrogen-bond donors (Lipinski definition) is 1. The van der Waals surface area contributed by atoms with Crippen molar-refractivity contribution in [3.8, 4) is 17.3 Å². The van der Waals surface area contributed by atoms with Crippen LogP contribution >= 0.6 is 0 Å². The minimum atomic E-state index is -1.07. The molecule has 3 aromatic rings. The van der Waals surface area contributed by atoms with E-state index in [1.54, 1.807) is 44.6 Å². The fourth-order valence-corrected chi connectivity index (χ4v) is 4.02. The van der Waals surface area contributed by atoms with E-state index in [4.69, 9.17) is 4.74 Å². The normalized spacial score (nSPS) is 18.9. The van der Waals surface area contributed by atoms with Gasteiger partial charge >= 0.3 is 0 Å². The molecule has 0 radical (unpaired) electrons. The van der Waals surface area contributed by atoms with Crippen LogP contribution in [-0.2, 0) is 5.60 Å². The maximum Gasteiger partial charge on any atom is 0.254 e. The number of benzene rings is 1. The van der Waals surface area contributed by atoms with Gasteiger partial charge in [-0.05, 0) is 57.9 Å². The highest BCUT2D eigenvalue weighted by Gasteiger charge is 2.33. The Morgan fingerprint density at radius 3 is 2.50 bits per heavy atom. The van der Waals surface area contributed by atoms with Crippen LogP contribution in [0.5, 0.6) is 5.88 Å². The van der Waals surface area contributed by atoms with Crippen LogP contribution in [0.25, 0.3) is 11.4 Å². The lowest BCUT2D eigenvalue weighted by molar-refractivity contribution is 0.0326. The van der Waals surface area contributed by atoms with Gasteiger partial charge in [0, 0.05) is 35.8 Å². The van der Waals surface area contributed by atoms with E-state index in [9.17, 15) is 9.90 Å². The van der Waals surface area contributed by atoms with Crippen LogP contribution in [-0.4, -0.2) is 49.6 Å². The number of pyridine rings is 1. The third-order valence-corrected chi connectivity index (χ3v) is 5.77. The Morgan fingerprint density at radius 1 is 1.03 bits per heavy atom. The molecule has 7 heteroatoms. The number of ether oxygens (including phenoxy) is 1. The number of carbonyl (C=O) groups excluding carboxylic acids is 1. The fraction of sp³-hybridized carbons (Fsp3) is 0.360. The average molecular weight is 433 g/mol. The van der Waals surface area contributed by atoms with E-state index in [-0.39, 0.29) is 18.1 Å². The van der Waals surface area contributed by atoms with Gasteiger partial charge in [0.15, 0.2) is 5.82 Å². The van der Waals surface area contributed by atoms with Crippen LogP contribution in [0.4, 0.5) is 0 Å². The van der Waals surface area contributed by atoms with E-state index in [0.29, 0.717) is 34.9 Å². The molecule has 32 heavy (non-hydrogen) atoms. The summed E-state index contributed by atoms with van der Waals surface area (Å²) in [5.41, 5.74) is 0.835. The Bertz CT molecular complexity index is 1080. The number of rotatable bonds is 5. The Morgan fingerprint density at radius 2 is 1.75 bits per heavy atom. The lowest BCUT2D eigenvalue weighted by atomic mass is 9.97. The molecule has 1 N–H and O–H groups in total. The van der Waals surface area contributed by atoms with Crippen molar-refractivity contribution < 1.29 is 14.6 Å². The van der Waals surface area contributed by atoms with Crippen LogP contribution in [0.15, 0.2) is 61.1 Å². The number of aromatic nitrogens is 3. The summed E-state index contributed by atoms with van der Waals surface area (Å²) in [6, 6.07) is 12.8. The molecule has 0 unspecified atom stereocenters. The molecular weight excluding hydrogens is 404 g/mol. The molecule has 1 amide bonds. The molecular formula is C25H28N4O3. The smallest absolute Gasteiger partial charge is 0.254 e. The van der Waals surface area contributed by atoms with Gasteiger partial charge in [0.2, 0.25) is 5.88 Å². The van der Waals surface area contributed by atoms with Gasteiger partial charge < -0.3 is 14.7 Å². The van der Waals surface area contributed by atoms with Crippen LogP contribution in [0, 0.1) is 0 Å². The van der Waals surface area contributed by atoms with Crippen molar-refractivity contribution in [3.05, 3.63) is 72.2 Å². The number of carbonyl (C=O) groups is 1. The summed E-state index contributed by atoms with van der Waals surface area (Å²) in [6.45, 7) is 5.90. The Hall–Kier alpha value is -3.32. The first-order valence-corrected chi connectivity index (χ1v) is 10.9. The number of amides is 1. The summed E-state index contributed by atoms with van der Waals surface area (Å²) >= 11 is 0. The zero-order chi connectivity index (χ0) is 22.7. The first-order valence-electron chi connectivity index (χ1n) is 10.9. The van der Waals surface area contributed by atoms with Gasteiger partial charge in [-0.2, -0.15) is 0 Å². The van der Waals surface area contributed by atoms with Gasteiger partial charge in [-0.15, -0.1) is 0 Å². The molecule has 1 fully saturated rings. The molecule has 3 heterocycles. The minimum Gasteiger partial charge on any atom is -0.472 e. The number of aliphatic hydroxyl groups is 1. The highest BCUT2D eigenvalue weighted by molar-refractivity contribution is 6.00. The topological polar surface area (TPSA) is 88.4 Å². The van der Waals surface area contributed by atoms with E-state index >= 15 is 0 Å². The molecule has 7 nitrogen and oxygen atoms in total. The predicted octanol–water partition coefficient (Wildman–Crippen LogP) is 3.84. The molecule has 0 spiro atoms. The van der Waals surface area contributed by atoms with Gasteiger partial charge in [0.05, 0.1) is 17.7 Å². The summed E-state index contributed by atoms with van der Waals surface area (Å²) in [7, 11) is 0. The van der Waals surface area contributed by atoms with E-state index in [2.05, 4.69) is 21.9 Å². The van der Waals surface area contributed by atoms with Gasteiger partial charge in [0.1, 0.15) is 6.10 Å². The zero-order valence-electron chi connectivity index (χ0n) is 18.6. The monoisotopic (exact) mass is 432 g/mol. The van der Waals surface area contributed by atoms with Gasteiger partial charge in [0.25, 0.3) is 5.91 Å². The number of piperidine rings is 1. The second-order valence-corrected chi connectivity index (χ2v) is 8.66. The standard InChI is InChI=1S/C25H28N4O3/c1-17-11-12-18(32-23-21(25(2,3)31)10-6-13-28-23)16-29(17)24(30)20-9-5-4-8-19(20)22-26-14-7-15-27-22/h4-10,13-15,17-18,31H,11-12,16H2,1-3H3/t17-,18+/m1/s1. The first kappa shape index (κ1) is 21.9. The maximum atomic E-state index is 13.6. The van der Waals surface area contributed by atoms with Crippen LogP contribution < -0.4 is 4.74 Å². The molecule has 1 saturated heterocycles. The highest BCUT2D eigenvalue weighted by atomic mass is 16.5. The third-order valence-electron chi connectivity index (χ3n) is 5.77. The fourth-order valence-electron chi connectivity index (χ4n) is 4.02. The summed E-state index contributed by atoms with van der Waals surface area (Å²) in [4.78, 5) is 28.4. The van der Waals surface area contributed by atoms with E-state index in [0.717, 1.165) is 12.8 Å². The Kier molecular flexibility index (Phi) is 6.19. The van der Waals surface area contributed by atoms with Gasteiger partial charge in [-0.1, -0.05) is 18.2 Å². The summed E-state index contributed by atoms with van der Waals surface area (Å²) < 4.78 is 6.20. The summed E-state index contributed by atoms with van der Waals surface area (Å²) in [6.07, 6.45) is 6.39. The van der Waals surface area contributed by atoms with Crippen LogP contribution in [0.2, 0.25) is 0 Å². The quantitative estimate of drug-likeness (QED) is 0.659.